The number of rotatable bonds is 6. The van der Waals surface area contributed by atoms with E-state index < -0.39 is 5.60 Å². The summed E-state index contributed by atoms with van der Waals surface area (Å²) in [5, 5.41) is 4.34. The van der Waals surface area contributed by atoms with E-state index in [-0.39, 0.29) is 5.97 Å². The van der Waals surface area contributed by atoms with E-state index in [0.29, 0.717) is 6.42 Å². The quantitative estimate of drug-likeness (QED) is 0.379. The molecule has 0 aliphatic carbocycles. The van der Waals surface area contributed by atoms with E-state index in [0.717, 1.165) is 19.3 Å². The van der Waals surface area contributed by atoms with Gasteiger partial charge in [-0.25, -0.2) is 4.79 Å². The normalized spacial score (nSPS) is 11.4. The topological polar surface area (TPSA) is 44.8 Å². The molecule has 0 unspecified atom stereocenters. The molecule has 4 nitrogen and oxygen atoms in total. The van der Waals surface area contributed by atoms with E-state index in [4.69, 9.17) is 4.89 Å². The molecule has 14 heavy (non-hydrogen) atoms. The summed E-state index contributed by atoms with van der Waals surface area (Å²) in [5.41, 5.74) is -0.469. The lowest BCUT2D eigenvalue weighted by Gasteiger charge is -2.15. The van der Waals surface area contributed by atoms with Crippen LogP contribution in [0.15, 0.2) is 0 Å². The van der Waals surface area contributed by atoms with Gasteiger partial charge >= 0.3 is 5.97 Å². The third-order valence-corrected chi connectivity index (χ3v) is 1.40. The van der Waals surface area contributed by atoms with Crippen LogP contribution in [0.5, 0.6) is 0 Å². The van der Waals surface area contributed by atoms with Crippen molar-refractivity contribution in [2.24, 2.45) is 0 Å². The zero-order valence-electron chi connectivity index (χ0n) is 9.46. The highest BCUT2D eigenvalue weighted by Gasteiger charge is 2.13. The molecular weight excluding hydrogens is 184 g/mol. The van der Waals surface area contributed by atoms with Crippen molar-refractivity contribution in [2.75, 3.05) is 0 Å². The Morgan fingerprint density at radius 3 is 2.36 bits per heavy atom. The molecule has 0 radical (unpaired) electrons. The molecule has 0 N–H and O–H groups in total. The second-order valence-corrected chi connectivity index (χ2v) is 4.18. The minimum absolute atomic E-state index is 0.376. The van der Waals surface area contributed by atoms with Crippen molar-refractivity contribution in [2.45, 2.75) is 59.0 Å². The summed E-state index contributed by atoms with van der Waals surface area (Å²) in [6, 6.07) is 0. The number of carbonyl (C=O) groups excluding carboxylic acids is 1. The van der Waals surface area contributed by atoms with Crippen LogP contribution in [0.3, 0.4) is 0 Å². The van der Waals surface area contributed by atoms with Crippen LogP contribution in [0, 0.1) is 0 Å². The highest BCUT2D eigenvalue weighted by Crippen LogP contribution is 2.08. The predicted molar refractivity (Wildman–Crippen MR) is 52.2 cm³/mol. The molecule has 0 rings (SSSR count). The summed E-state index contributed by atoms with van der Waals surface area (Å²) in [4.78, 5) is 20.1. The van der Waals surface area contributed by atoms with Crippen molar-refractivity contribution in [1.29, 1.82) is 0 Å². The van der Waals surface area contributed by atoms with E-state index in [9.17, 15) is 4.79 Å². The standard InChI is InChI=1S/C10H20O4/c1-5-6-7-8-9(11)12-14-13-10(2,3)4/h5-8H2,1-4H3. The Balaban J connectivity index is 3.36. The summed E-state index contributed by atoms with van der Waals surface area (Å²) < 4.78 is 0. The maximum atomic E-state index is 11.0. The predicted octanol–water partition coefficient (Wildman–Crippen LogP) is 2.77. The summed E-state index contributed by atoms with van der Waals surface area (Å²) in [6.07, 6.45) is 3.30. The van der Waals surface area contributed by atoms with E-state index in [2.05, 4.69) is 16.8 Å². The Hall–Kier alpha value is -0.610. The molecule has 0 aromatic carbocycles. The third-order valence-electron chi connectivity index (χ3n) is 1.40. The van der Waals surface area contributed by atoms with Crippen molar-refractivity contribution in [1.82, 2.24) is 0 Å². The van der Waals surface area contributed by atoms with Crippen molar-refractivity contribution >= 4 is 5.97 Å². The van der Waals surface area contributed by atoms with Gasteiger partial charge in [0.1, 0.15) is 0 Å². The van der Waals surface area contributed by atoms with Crippen LogP contribution >= 0.6 is 0 Å². The first kappa shape index (κ1) is 13.4. The summed E-state index contributed by atoms with van der Waals surface area (Å²) in [7, 11) is 0. The molecule has 0 aromatic rings. The molecule has 4 heteroatoms. The van der Waals surface area contributed by atoms with Gasteiger partial charge in [0.15, 0.2) is 0 Å². The lowest BCUT2D eigenvalue weighted by molar-refractivity contribution is -0.514. The molecule has 0 saturated carbocycles. The monoisotopic (exact) mass is 204 g/mol. The average Bonchev–Trinajstić information content (AvgIpc) is 2.02. The molecule has 0 fully saturated rings. The van der Waals surface area contributed by atoms with Crippen LogP contribution in [0.4, 0.5) is 0 Å². The summed E-state index contributed by atoms with van der Waals surface area (Å²) >= 11 is 0. The first-order chi connectivity index (χ1) is 6.45. The van der Waals surface area contributed by atoms with Crippen LogP contribution in [0.2, 0.25) is 0 Å². The van der Waals surface area contributed by atoms with Gasteiger partial charge in [0.2, 0.25) is 0 Å². The maximum absolute atomic E-state index is 11.0. The second kappa shape index (κ2) is 6.79. The summed E-state index contributed by atoms with van der Waals surface area (Å²) in [5.74, 6) is -0.386. The Kier molecular flexibility index (Phi) is 6.49. The Labute approximate surface area is 85.4 Å². The minimum Gasteiger partial charge on any atom is -0.269 e. The smallest absolute Gasteiger partial charge is 0.269 e. The molecule has 0 aliphatic heterocycles. The Morgan fingerprint density at radius 1 is 1.21 bits per heavy atom. The van der Waals surface area contributed by atoms with Gasteiger partial charge in [0.05, 0.1) is 5.60 Å². The Morgan fingerprint density at radius 2 is 1.86 bits per heavy atom. The number of hydrogen-bond donors (Lipinski definition) is 0. The summed E-state index contributed by atoms with van der Waals surface area (Å²) in [6.45, 7) is 7.48. The zero-order chi connectivity index (χ0) is 11.0. The van der Waals surface area contributed by atoms with Gasteiger partial charge in [0.25, 0.3) is 0 Å². The number of hydrogen-bond acceptors (Lipinski definition) is 4. The molecule has 0 amide bonds. The fourth-order valence-corrected chi connectivity index (χ4v) is 0.718. The van der Waals surface area contributed by atoms with E-state index >= 15 is 0 Å². The van der Waals surface area contributed by atoms with Gasteiger partial charge in [-0.05, 0) is 32.2 Å². The first-order valence-electron chi connectivity index (χ1n) is 5.01. The van der Waals surface area contributed by atoms with Crippen LogP contribution < -0.4 is 0 Å². The van der Waals surface area contributed by atoms with E-state index in [1.165, 1.54) is 0 Å². The molecule has 0 spiro atoms. The van der Waals surface area contributed by atoms with Gasteiger partial charge < -0.3 is 0 Å². The largest absolute Gasteiger partial charge is 0.345 e. The van der Waals surface area contributed by atoms with Crippen LogP contribution in [-0.4, -0.2) is 11.6 Å². The van der Waals surface area contributed by atoms with Crippen molar-refractivity contribution in [3.63, 3.8) is 0 Å². The lowest BCUT2D eigenvalue weighted by atomic mass is 10.2. The third kappa shape index (κ3) is 9.48. The fraction of sp³-hybridized carbons (Fsp3) is 0.900. The van der Waals surface area contributed by atoms with Gasteiger partial charge in [-0.1, -0.05) is 19.8 Å². The molecule has 0 bridgehead atoms. The molecule has 0 atom stereocenters. The van der Waals surface area contributed by atoms with Gasteiger partial charge in [0, 0.05) is 6.42 Å². The van der Waals surface area contributed by atoms with E-state index in [1.54, 1.807) is 20.8 Å². The van der Waals surface area contributed by atoms with Gasteiger partial charge in [-0.15, -0.1) is 0 Å². The maximum Gasteiger partial charge on any atom is 0.345 e. The molecule has 0 saturated heterocycles. The van der Waals surface area contributed by atoms with Crippen molar-refractivity contribution in [3.8, 4) is 0 Å². The SMILES string of the molecule is CCCCCC(=O)OOOC(C)(C)C. The van der Waals surface area contributed by atoms with Gasteiger partial charge in [-0.3, -0.25) is 4.89 Å². The van der Waals surface area contributed by atoms with Crippen LogP contribution in [0.25, 0.3) is 0 Å². The fourth-order valence-electron chi connectivity index (χ4n) is 0.718. The average molecular weight is 204 g/mol. The number of unbranched alkanes of at least 4 members (excludes halogenated alkanes) is 2. The lowest BCUT2D eigenvalue weighted by Crippen LogP contribution is -2.20. The molecular formula is C10H20O4. The van der Waals surface area contributed by atoms with Crippen LogP contribution in [0.1, 0.15) is 53.4 Å². The molecule has 0 aliphatic rings. The second-order valence-electron chi connectivity index (χ2n) is 4.18. The van der Waals surface area contributed by atoms with Crippen molar-refractivity contribution < 1.29 is 19.6 Å². The van der Waals surface area contributed by atoms with E-state index in [1.807, 2.05) is 0 Å². The van der Waals surface area contributed by atoms with Gasteiger partial charge in [-0.2, -0.15) is 4.89 Å². The minimum atomic E-state index is -0.469. The molecule has 0 heterocycles. The first-order valence-corrected chi connectivity index (χ1v) is 5.01. The highest BCUT2D eigenvalue weighted by atomic mass is 17.5. The number of carbonyl (C=O) groups is 1. The van der Waals surface area contributed by atoms with Crippen molar-refractivity contribution in [3.05, 3.63) is 0 Å². The Bertz CT molecular complexity index is 160. The molecule has 84 valence electrons. The molecule has 0 aromatic heterocycles. The zero-order valence-corrected chi connectivity index (χ0v) is 9.46. The highest BCUT2D eigenvalue weighted by molar-refractivity contribution is 5.68. The van der Waals surface area contributed by atoms with Crippen LogP contribution in [-0.2, 0) is 19.6 Å².